The molecule has 0 saturated heterocycles. The van der Waals surface area contributed by atoms with Crippen LogP contribution in [0.1, 0.15) is 32.3 Å². The van der Waals surface area contributed by atoms with Gasteiger partial charge in [-0.15, -0.1) is 0 Å². The molecule has 1 saturated carbocycles. The van der Waals surface area contributed by atoms with Gasteiger partial charge in [0, 0.05) is 23.5 Å². The molecule has 1 fully saturated rings. The highest BCUT2D eigenvalue weighted by molar-refractivity contribution is 6.30. The number of hydrogen-bond donors (Lipinski definition) is 1. The predicted octanol–water partition coefficient (Wildman–Crippen LogP) is 3.03. The molecule has 0 aliphatic heterocycles. The molecule has 1 aliphatic carbocycles. The van der Waals surface area contributed by atoms with Crippen molar-refractivity contribution < 1.29 is 0 Å². The highest BCUT2D eigenvalue weighted by Gasteiger charge is 2.28. The molecule has 0 radical (unpaired) electrons. The van der Waals surface area contributed by atoms with E-state index in [0.29, 0.717) is 18.5 Å². The largest absolute Gasteiger partial charge is 0.370 e. The van der Waals surface area contributed by atoms with Gasteiger partial charge in [-0.3, -0.25) is 4.99 Å². The molecular formula is C15H22ClN3. The van der Waals surface area contributed by atoms with Crippen LogP contribution in [0.2, 0.25) is 5.02 Å². The van der Waals surface area contributed by atoms with E-state index in [2.05, 4.69) is 35.9 Å². The maximum Gasteiger partial charge on any atom is 0.191 e. The molecule has 2 rings (SSSR count). The zero-order valence-corrected chi connectivity index (χ0v) is 12.6. The Morgan fingerprint density at radius 3 is 2.47 bits per heavy atom. The number of nitrogens with two attached hydrogens (primary N) is 1. The molecule has 0 spiro atoms. The van der Waals surface area contributed by atoms with E-state index < -0.39 is 0 Å². The number of benzene rings is 1. The normalized spacial score (nSPS) is 16.5. The summed E-state index contributed by atoms with van der Waals surface area (Å²) in [5.41, 5.74) is 7.20. The highest BCUT2D eigenvalue weighted by Crippen LogP contribution is 2.27. The Balaban J connectivity index is 2.03. The van der Waals surface area contributed by atoms with Crippen molar-refractivity contribution in [3.8, 4) is 0 Å². The van der Waals surface area contributed by atoms with Gasteiger partial charge >= 0.3 is 0 Å². The van der Waals surface area contributed by atoms with E-state index in [1.165, 1.54) is 18.4 Å². The molecule has 0 aromatic heterocycles. The second-order valence-corrected chi connectivity index (χ2v) is 6.34. The van der Waals surface area contributed by atoms with E-state index in [1.54, 1.807) is 0 Å². The molecule has 0 unspecified atom stereocenters. The van der Waals surface area contributed by atoms with Crippen molar-refractivity contribution in [2.24, 2.45) is 10.7 Å². The Hall–Kier alpha value is -1.22. The standard InChI is InChI=1S/C15H22ClN3/c1-15(2,11-4-6-12(16)7-5-11)10-18-14(17)19(3)13-8-9-13/h4-7,13H,8-10H2,1-3H3,(H2,17,18). The van der Waals surface area contributed by atoms with Crippen molar-refractivity contribution >= 4 is 17.6 Å². The van der Waals surface area contributed by atoms with E-state index in [1.807, 2.05) is 19.2 Å². The van der Waals surface area contributed by atoms with Crippen LogP contribution >= 0.6 is 11.6 Å². The summed E-state index contributed by atoms with van der Waals surface area (Å²) in [5, 5.41) is 0.760. The van der Waals surface area contributed by atoms with Gasteiger partial charge in [0.15, 0.2) is 5.96 Å². The number of rotatable bonds is 4. The van der Waals surface area contributed by atoms with Crippen LogP contribution in [0.15, 0.2) is 29.3 Å². The van der Waals surface area contributed by atoms with Crippen molar-refractivity contribution in [3.63, 3.8) is 0 Å². The summed E-state index contributed by atoms with van der Waals surface area (Å²) < 4.78 is 0. The van der Waals surface area contributed by atoms with E-state index in [-0.39, 0.29) is 5.41 Å². The van der Waals surface area contributed by atoms with Crippen LogP contribution in [-0.2, 0) is 5.41 Å². The third-order valence-corrected chi connectivity index (χ3v) is 3.97. The summed E-state index contributed by atoms with van der Waals surface area (Å²) in [7, 11) is 2.02. The van der Waals surface area contributed by atoms with Gasteiger partial charge in [0.05, 0.1) is 6.54 Å². The number of hydrogen-bond acceptors (Lipinski definition) is 1. The van der Waals surface area contributed by atoms with Gasteiger partial charge in [-0.2, -0.15) is 0 Å². The molecule has 1 aromatic carbocycles. The quantitative estimate of drug-likeness (QED) is 0.680. The maximum absolute atomic E-state index is 6.02. The third kappa shape index (κ3) is 3.63. The van der Waals surface area contributed by atoms with E-state index >= 15 is 0 Å². The first-order chi connectivity index (χ1) is 8.90. The minimum Gasteiger partial charge on any atom is -0.370 e. The molecule has 1 aromatic rings. The van der Waals surface area contributed by atoms with Crippen LogP contribution < -0.4 is 5.73 Å². The van der Waals surface area contributed by atoms with E-state index in [0.717, 1.165) is 5.02 Å². The molecule has 0 bridgehead atoms. The predicted molar refractivity (Wildman–Crippen MR) is 81.8 cm³/mol. The summed E-state index contributed by atoms with van der Waals surface area (Å²) in [4.78, 5) is 6.62. The Kier molecular flexibility index (Phi) is 4.04. The Labute approximate surface area is 120 Å². The lowest BCUT2D eigenvalue weighted by atomic mass is 9.85. The van der Waals surface area contributed by atoms with Crippen LogP contribution in [0.3, 0.4) is 0 Å². The van der Waals surface area contributed by atoms with Crippen LogP contribution in [0.5, 0.6) is 0 Å². The lowest BCUT2D eigenvalue weighted by molar-refractivity contribution is 0.476. The van der Waals surface area contributed by atoms with Crippen molar-refractivity contribution in [2.45, 2.75) is 38.1 Å². The van der Waals surface area contributed by atoms with Crippen molar-refractivity contribution in [1.82, 2.24) is 4.90 Å². The zero-order valence-electron chi connectivity index (χ0n) is 11.9. The molecule has 3 nitrogen and oxygen atoms in total. The molecule has 0 atom stereocenters. The average Bonchev–Trinajstić information content (AvgIpc) is 3.20. The Morgan fingerprint density at radius 2 is 1.95 bits per heavy atom. The van der Waals surface area contributed by atoms with Crippen LogP contribution in [-0.4, -0.2) is 30.5 Å². The lowest BCUT2D eigenvalue weighted by Crippen LogP contribution is -2.37. The number of nitrogens with zero attached hydrogens (tertiary/aromatic N) is 2. The van der Waals surface area contributed by atoms with Crippen LogP contribution in [0.4, 0.5) is 0 Å². The molecule has 0 amide bonds. The molecule has 1 aliphatic rings. The molecular weight excluding hydrogens is 258 g/mol. The van der Waals surface area contributed by atoms with Crippen molar-refractivity contribution in [2.75, 3.05) is 13.6 Å². The Bertz CT molecular complexity index is 461. The second kappa shape index (κ2) is 5.41. The number of halogens is 1. The molecule has 0 heterocycles. The Morgan fingerprint density at radius 1 is 1.37 bits per heavy atom. The fourth-order valence-corrected chi connectivity index (χ4v) is 2.16. The summed E-state index contributed by atoms with van der Waals surface area (Å²) in [6.07, 6.45) is 2.46. The molecule has 19 heavy (non-hydrogen) atoms. The maximum atomic E-state index is 6.02. The van der Waals surface area contributed by atoms with Crippen molar-refractivity contribution in [1.29, 1.82) is 0 Å². The first-order valence-corrected chi connectivity index (χ1v) is 7.07. The third-order valence-electron chi connectivity index (χ3n) is 3.72. The average molecular weight is 280 g/mol. The second-order valence-electron chi connectivity index (χ2n) is 5.91. The summed E-state index contributed by atoms with van der Waals surface area (Å²) in [6.45, 7) is 5.02. The van der Waals surface area contributed by atoms with Gasteiger partial charge in [-0.25, -0.2) is 0 Å². The van der Waals surface area contributed by atoms with Crippen LogP contribution in [0, 0.1) is 0 Å². The topological polar surface area (TPSA) is 41.6 Å². The fraction of sp³-hybridized carbons (Fsp3) is 0.533. The summed E-state index contributed by atoms with van der Waals surface area (Å²) >= 11 is 5.92. The zero-order chi connectivity index (χ0) is 14.0. The van der Waals surface area contributed by atoms with Crippen LogP contribution in [0.25, 0.3) is 0 Å². The monoisotopic (exact) mass is 279 g/mol. The summed E-state index contributed by atoms with van der Waals surface area (Å²) in [5.74, 6) is 0.643. The first-order valence-electron chi connectivity index (χ1n) is 6.69. The molecule has 2 N–H and O–H groups in total. The lowest BCUT2D eigenvalue weighted by Gasteiger charge is -2.25. The SMILES string of the molecule is CN(C(N)=NCC(C)(C)c1ccc(Cl)cc1)C1CC1. The van der Waals surface area contributed by atoms with Crippen molar-refractivity contribution in [3.05, 3.63) is 34.9 Å². The fourth-order valence-electron chi connectivity index (χ4n) is 2.03. The van der Waals surface area contributed by atoms with Gasteiger partial charge < -0.3 is 10.6 Å². The van der Waals surface area contributed by atoms with E-state index in [4.69, 9.17) is 17.3 Å². The minimum absolute atomic E-state index is 0.0421. The number of guanidine groups is 1. The van der Waals surface area contributed by atoms with Gasteiger partial charge in [0.2, 0.25) is 0 Å². The summed E-state index contributed by atoms with van der Waals surface area (Å²) in [6, 6.07) is 8.55. The van der Waals surface area contributed by atoms with Gasteiger partial charge in [-0.05, 0) is 30.5 Å². The number of aliphatic imine (C=N–C) groups is 1. The van der Waals surface area contributed by atoms with Gasteiger partial charge in [-0.1, -0.05) is 37.6 Å². The van der Waals surface area contributed by atoms with E-state index in [9.17, 15) is 0 Å². The molecule has 104 valence electrons. The van der Waals surface area contributed by atoms with Gasteiger partial charge in [0.1, 0.15) is 0 Å². The van der Waals surface area contributed by atoms with Gasteiger partial charge in [0.25, 0.3) is 0 Å². The molecule has 4 heteroatoms. The minimum atomic E-state index is -0.0421. The highest BCUT2D eigenvalue weighted by atomic mass is 35.5. The first kappa shape index (κ1) is 14.2. The smallest absolute Gasteiger partial charge is 0.191 e.